The van der Waals surface area contributed by atoms with Gasteiger partial charge in [0.1, 0.15) is 0 Å². The fourth-order valence-electron chi connectivity index (χ4n) is 0.933. The summed E-state index contributed by atoms with van der Waals surface area (Å²) in [5, 5.41) is 0. The second-order valence-corrected chi connectivity index (χ2v) is 2.92. The Morgan fingerprint density at radius 3 is 2.73 bits per heavy atom. The van der Waals surface area contributed by atoms with E-state index >= 15 is 0 Å². The molecule has 3 heteroatoms. The molecule has 1 aliphatic rings. The van der Waals surface area contributed by atoms with Gasteiger partial charge in [0.2, 0.25) is 0 Å². The summed E-state index contributed by atoms with van der Waals surface area (Å²) in [6, 6.07) is 0. The van der Waals surface area contributed by atoms with E-state index in [1.165, 1.54) is 0 Å². The highest BCUT2D eigenvalue weighted by molar-refractivity contribution is 7.95. The fourth-order valence-corrected chi connectivity index (χ4v) is 1.73. The zero-order valence-electron chi connectivity index (χ0n) is 6.63. The zero-order chi connectivity index (χ0) is 8.27. The number of nitrogens with zero attached hydrogens (tertiary/aromatic N) is 1. The van der Waals surface area contributed by atoms with E-state index in [1.807, 2.05) is 6.08 Å². The van der Waals surface area contributed by atoms with Crippen LogP contribution in [0, 0.1) is 0 Å². The minimum atomic E-state index is 0.969. The van der Waals surface area contributed by atoms with Crippen LogP contribution in [-0.4, -0.2) is 10.8 Å². The van der Waals surface area contributed by atoms with E-state index in [-0.39, 0.29) is 0 Å². The largest absolute Gasteiger partial charge is 0.310 e. The van der Waals surface area contributed by atoms with Crippen molar-refractivity contribution in [2.75, 3.05) is 6.54 Å². The summed E-state index contributed by atoms with van der Waals surface area (Å²) in [5.74, 6) is 0. The molecule has 0 atom stereocenters. The van der Waals surface area contributed by atoms with Crippen LogP contribution in [0.15, 0.2) is 36.7 Å². The van der Waals surface area contributed by atoms with Gasteiger partial charge in [0.25, 0.3) is 0 Å². The van der Waals surface area contributed by atoms with E-state index in [4.69, 9.17) is 0 Å². The molecule has 0 aromatic rings. The monoisotopic (exact) mass is 168 g/mol. The SMILES string of the molecule is C=CC1=C(C=C)N(CC)SN1. The first kappa shape index (κ1) is 8.27. The summed E-state index contributed by atoms with van der Waals surface area (Å²) < 4.78 is 5.27. The molecule has 0 saturated carbocycles. The van der Waals surface area contributed by atoms with Crippen molar-refractivity contribution in [2.24, 2.45) is 0 Å². The molecule has 0 saturated heterocycles. The number of nitrogens with one attached hydrogen (secondary N) is 1. The third-order valence-electron chi connectivity index (χ3n) is 1.50. The third kappa shape index (κ3) is 1.43. The van der Waals surface area contributed by atoms with E-state index in [9.17, 15) is 0 Å². The predicted octanol–water partition coefficient (Wildman–Crippen LogP) is 2.06. The molecule has 0 fully saturated rings. The molecule has 0 radical (unpaired) electrons. The predicted molar refractivity (Wildman–Crippen MR) is 50.5 cm³/mol. The number of allylic oxidation sites excluding steroid dienone is 2. The molecule has 0 amide bonds. The smallest absolute Gasteiger partial charge is 0.0720 e. The summed E-state index contributed by atoms with van der Waals surface area (Å²) in [7, 11) is 0. The van der Waals surface area contributed by atoms with Crippen LogP contribution in [0.2, 0.25) is 0 Å². The van der Waals surface area contributed by atoms with E-state index in [0.29, 0.717) is 0 Å². The summed E-state index contributed by atoms with van der Waals surface area (Å²) >= 11 is 1.57. The minimum absolute atomic E-state index is 0.969. The standard InChI is InChI=1S/C8H12N2S/c1-4-7-8(5-2)10(6-3)11-9-7/h4-5,9H,1-2,6H2,3H3. The Morgan fingerprint density at radius 1 is 1.55 bits per heavy atom. The molecule has 2 nitrogen and oxygen atoms in total. The van der Waals surface area contributed by atoms with Gasteiger partial charge in [-0.15, -0.1) is 0 Å². The Labute approximate surface area is 71.9 Å². The lowest BCUT2D eigenvalue weighted by molar-refractivity contribution is 0.633. The zero-order valence-corrected chi connectivity index (χ0v) is 7.45. The highest BCUT2D eigenvalue weighted by atomic mass is 32.2. The maximum atomic E-state index is 3.74. The lowest BCUT2D eigenvalue weighted by Crippen LogP contribution is -2.09. The van der Waals surface area contributed by atoms with Gasteiger partial charge in [-0.05, 0) is 19.1 Å². The van der Waals surface area contributed by atoms with Crippen LogP contribution < -0.4 is 4.72 Å². The van der Waals surface area contributed by atoms with Gasteiger partial charge in [0, 0.05) is 6.54 Å². The summed E-state index contributed by atoms with van der Waals surface area (Å²) in [6.07, 6.45) is 3.65. The summed E-state index contributed by atoms with van der Waals surface area (Å²) in [5.41, 5.74) is 2.17. The van der Waals surface area contributed by atoms with Crippen molar-refractivity contribution < 1.29 is 0 Å². The van der Waals surface area contributed by atoms with Crippen LogP contribution >= 0.6 is 12.1 Å². The molecule has 0 bridgehead atoms. The van der Waals surface area contributed by atoms with Crippen molar-refractivity contribution in [1.29, 1.82) is 0 Å². The summed E-state index contributed by atoms with van der Waals surface area (Å²) in [6.45, 7) is 10.5. The van der Waals surface area contributed by atoms with Crippen LogP contribution in [0.3, 0.4) is 0 Å². The molecule has 11 heavy (non-hydrogen) atoms. The van der Waals surface area contributed by atoms with Crippen molar-refractivity contribution in [3.8, 4) is 0 Å². The molecule has 0 unspecified atom stereocenters. The van der Waals surface area contributed by atoms with E-state index < -0.39 is 0 Å². The molecular weight excluding hydrogens is 156 g/mol. The quantitative estimate of drug-likeness (QED) is 0.649. The van der Waals surface area contributed by atoms with Crippen LogP contribution in [-0.2, 0) is 0 Å². The van der Waals surface area contributed by atoms with Gasteiger partial charge in [0.15, 0.2) is 0 Å². The molecule has 0 aliphatic carbocycles. The lowest BCUT2D eigenvalue weighted by Gasteiger charge is -2.12. The van der Waals surface area contributed by atoms with Crippen LogP contribution in [0.1, 0.15) is 6.92 Å². The number of hydrogen-bond acceptors (Lipinski definition) is 3. The van der Waals surface area contributed by atoms with Crippen molar-refractivity contribution >= 4 is 12.1 Å². The Balaban J connectivity index is 2.86. The van der Waals surface area contributed by atoms with Gasteiger partial charge in [-0.3, -0.25) is 4.31 Å². The highest BCUT2D eigenvalue weighted by Crippen LogP contribution is 2.26. The Hall–Kier alpha value is -0.830. The molecule has 0 aromatic carbocycles. The molecule has 60 valence electrons. The average molecular weight is 168 g/mol. The molecule has 1 heterocycles. The Morgan fingerprint density at radius 2 is 2.27 bits per heavy atom. The molecule has 1 aliphatic heterocycles. The third-order valence-corrected chi connectivity index (χ3v) is 2.48. The van der Waals surface area contributed by atoms with E-state index in [1.54, 1.807) is 18.2 Å². The lowest BCUT2D eigenvalue weighted by atomic mass is 10.3. The first-order valence-electron chi connectivity index (χ1n) is 3.53. The molecule has 1 N–H and O–H groups in total. The Bertz CT molecular complexity index is 208. The van der Waals surface area contributed by atoms with Gasteiger partial charge in [-0.2, -0.15) is 0 Å². The Kier molecular flexibility index (Phi) is 2.65. The second-order valence-electron chi connectivity index (χ2n) is 2.10. The van der Waals surface area contributed by atoms with Crippen LogP contribution in [0.5, 0.6) is 0 Å². The van der Waals surface area contributed by atoms with Crippen molar-refractivity contribution in [2.45, 2.75) is 6.92 Å². The van der Waals surface area contributed by atoms with Crippen LogP contribution in [0.25, 0.3) is 0 Å². The maximum Gasteiger partial charge on any atom is 0.0720 e. The van der Waals surface area contributed by atoms with Crippen molar-refractivity contribution in [3.63, 3.8) is 0 Å². The van der Waals surface area contributed by atoms with E-state index in [2.05, 4.69) is 29.1 Å². The second kappa shape index (κ2) is 3.53. The van der Waals surface area contributed by atoms with Gasteiger partial charge in [-0.25, -0.2) is 0 Å². The fraction of sp³-hybridized carbons (Fsp3) is 0.250. The average Bonchev–Trinajstić information content (AvgIpc) is 2.45. The number of likely N-dealkylation sites (N-methyl/N-ethyl adjacent to an activating group) is 1. The first-order valence-corrected chi connectivity index (χ1v) is 4.30. The number of hydrogen-bond donors (Lipinski definition) is 1. The highest BCUT2D eigenvalue weighted by Gasteiger charge is 2.16. The molecular formula is C8H12N2S. The molecule has 0 spiro atoms. The molecule has 0 aromatic heterocycles. The topological polar surface area (TPSA) is 15.3 Å². The van der Waals surface area contributed by atoms with Gasteiger partial charge in [-0.1, -0.05) is 13.2 Å². The van der Waals surface area contributed by atoms with Gasteiger partial charge >= 0.3 is 0 Å². The summed E-state index contributed by atoms with van der Waals surface area (Å²) in [4.78, 5) is 0. The van der Waals surface area contributed by atoms with Gasteiger partial charge in [0.05, 0.1) is 23.5 Å². The maximum absolute atomic E-state index is 3.74. The molecule has 1 rings (SSSR count). The van der Waals surface area contributed by atoms with Gasteiger partial charge < -0.3 is 4.72 Å². The van der Waals surface area contributed by atoms with Crippen molar-refractivity contribution in [1.82, 2.24) is 9.03 Å². The number of rotatable bonds is 3. The first-order chi connectivity index (χ1) is 5.33. The normalized spacial score (nSPS) is 16.6. The van der Waals surface area contributed by atoms with Crippen molar-refractivity contribution in [3.05, 3.63) is 36.7 Å². The van der Waals surface area contributed by atoms with E-state index in [0.717, 1.165) is 17.9 Å². The van der Waals surface area contributed by atoms with Crippen LogP contribution in [0.4, 0.5) is 0 Å². The minimum Gasteiger partial charge on any atom is -0.310 e.